The lowest BCUT2D eigenvalue weighted by molar-refractivity contribution is -0.134. The molecule has 140 valence electrons. The van der Waals surface area contributed by atoms with Gasteiger partial charge >= 0.3 is 5.97 Å². The van der Waals surface area contributed by atoms with E-state index in [1.54, 1.807) is 24.3 Å². The fourth-order valence-electron chi connectivity index (χ4n) is 2.89. The van der Waals surface area contributed by atoms with Crippen molar-refractivity contribution < 1.29 is 19.1 Å². The Labute approximate surface area is 157 Å². The van der Waals surface area contributed by atoms with Crippen molar-refractivity contribution in [1.29, 1.82) is 0 Å². The van der Waals surface area contributed by atoms with Crippen LogP contribution in [-0.4, -0.2) is 24.9 Å². The van der Waals surface area contributed by atoms with Crippen LogP contribution in [0.15, 0.2) is 48.5 Å². The molecule has 1 saturated carbocycles. The molecule has 6 heteroatoms. The van der Waals surface area contributed by atoms with E-state index < -0.39 is 11.4 Å². The summed E-state index contributed by atoms with van der Waals surface area (Å²) in [5.74, 6) is -1.02. The first-order chi connectivity index (χ1) is 13.0. The van der Waals surface area contributed by atoms with Gasteiger partial charge in [0.1, 0.15) is 5.41 Å². The maximum Gasteiger partial charge on any atom is 0.337 e. The van der Waals surface area contributed by atoms with E-state index in [4.69, 9.17) is 0 Å². The van der Waals surface area contributed by atoms with E-state index in [-0.39, 0.29) is 11.8 Å². The van der Waals surface area contributed by atoms with Gasteiger partial charge in [-0.1, -0.05) is 24.3 Å². The van der Waals surface area contributed by atoms with E-state index in [2.05, 4.69) is 15.4 Å². The van der Waals surface area contributed by atoms with Gasteiger partial charge < -0.3 is 15.4 Å². The summed E-state index contributed by atoms with van der Waals surface area (Å²) >= 11 is 0. The van der Waals surface area contributed by atoms with Crippen molar-refractivity contribution in [3.63, 3.8) is 0 Å². The molecule has 0 heterocycles. The molecular formula is C21H22N2O4. The van der Waals surface area contributed by atoms with Gasteiger partial charge in [0, 0.05) is 12.2 Å². The summed E-state index contributed by atoms with van der Waals surface area (Å²) in [5, 5.41) is 5.65. The zero-order valence-corrected chi connectivity index (χ0v) is 15.4. The Balaban J connectivity index is 1.61. The third-order valence-corrected chi connectivity index (χ3v) is 4.88. The second-order valence-electron chi connectivity index (χ2n) is 6.71. The highest BCUT2D eigenvalue weighted by atomic mass is 16.5. The van der Waals surface area contributed by atoms with Gasteiger partial charge in [-0.25, -0.2) is 4.79 Å². The number of aryl methyl sites for hydroxylation is 1. The molecule has 0 aliphatic heterocycles. The maximum atomic E-state index is 12.6. The van der Waals surface area contributed by atoms with Crippen molar-refractivity contribution in [2.45, 2.75) is 26.3 Å². The van der Waals surface area contributed by atoms with E-state index in [0.717, 1.165) is 11.1 Å². The Kier molecular flexibility index (Phi) is 5.26. The number of hydrogen-bond acceptors (Lipinski definition) is 4. The van der Waals surface area contributed by atoms with Gasteiger partial charge in [-0.15, -0.1) is 0 Å². The Morgan fingerprint density at radius 3 is 2.26 bits per heavy atom. The number of esters is 1. The number of carbonyl (C=O) groups is 3. The van der Waals surface area contributed by atoms with Crippen molar-refractivity contribution >= 4 is 23.5 Å². The van der Waals surface area contributed by atoms with Crippen molar-refractivity contribution in [3.8, 4) is 0 Å². The van der Waals surface area contributed by atoms with Crippen LogP contribution in [-0.2, 0) is 20.9 Å². The molecule has 2 amide bonds. The van der Waals surface area contributed by atoms with Crippen LogP contribution in [0.25, 0.3) is 0 Å². The molecule has 27 heavy (non-hydrogen) atoms. The SMILES string of the molecule is COC(=O)c1ccc(NC(=O)C2(C(=O)NCc3ccccc3C)CC2)cc1. The van der Waals surface area contributed by atoms with Crippen LogP contribution in [0.5, 0.6) is 0 Å². The number of amides is 2. The Morgan fingerprint density at radius 2 is 1.67 bits per heavy atom. The molecule has 0 spiro atoms. The van der Waals surface area contributed by atoms with Crippen LogP contribution in [0, 0.1) is 12.3 Å². The zero-order valence-electron chi connectivity index (χ0n) is 15.4. The number of nitrogens with one attached hydrogen (secondary N) is 2. The van der Waals surface area contributed by atoms with Crippen molar-refractivity contribution in [1.82, 2.24) is 5.32 Å². The molecular weight excluding hydrogens is 344 g/mol. The largest absolute Gasteiger partial charge is 0.465 e. The Morgan fingerprint density at radius 1 is 1.00 bits per heavy atom. The van der Waals surface area contributed by atoms with Crippen LogP contribution < -0.4 is 10.6 Å². The van der Waals surface area contributed by atoms with Gasteiger partial charge in [-0.2, -0.15) is 0 Å². The van der Waals surface area contributed by atoms with Gasteiger partial charge in [-0.3, -0.25) is 9.59 Å². The summed E-state index contributed by atoms with van der Waals surface area (Å²) < 4.78 is 4.65. The first kappa shape index (κ1) is 18.6. The molecule has 1 aliphatic carbocycles. The Bertz CT molecular complexity index is 870. The standard InChI is InChI=1S/C21H22N2O4/c1-14-5-3-4-6-16(14)13-22-19(25)21(11-12-21)20(26)23-17-9-7-15(8-10-17)18(24)27-2/h3-10H,11-13H2,1-2H3,(H,22,25)(H,23,26). The van der Waals surface area contributed by atoms with Crippen LogP contribution in [0.2, 0.25) is 0 Å². The number of rotatable bonds is 6. The Hall–Kier alpha value is -3.15. The minimum atomic E-state index is -1.01. The van der Waals surface area contributed by atoms with Crippen molar-refractivity contribution in [2.24, 2.45) is 5.41 Å². The fourth-order valence-corrected chi connectivity index (χ4v) is 2.89. The first-order valence-corrected chi connectivity index (χ1v) is 8.79. The molecule has 2 N–H and O–H groups in total. The van der Waals surface area contributed by atoms with Crippen LogP contribution in [0.4, 0.5) is 5.69 Å². The van der Waals surface area contributed by atoms with Gasteiger partial charge in [-0.05, 0) is 55.2 Å². The van der Waals surface area contributed by atoms with E-state index in [1.165, 1.54) is 7.11 Å². The normalized spacial score (nSPS) is 14.1. The molecule has 3 rings (SSSR count). The summed E-state index contributed by atoms with van der Waals surface area (Å²) in [5.41, 5.74) is 2.04. The minimum absolute atomic E-state index is 0.255. The molecule has 0 aromatic heterocycles. The lowest BCUT2D eigenvalue weighted by Crippen LogP contribution is -2.39. The highest BCUT2D eigenvalue weighted by molar-refractivity contribution is 6.13. The summed E-state index contributed by atoms with van der Waals surface area (Å²) in [7, 11) is 1.31. The van der Waals surface area contributed by atoms with Gasteiger partial charge in [0.2, 0.25) is 11.8 Å². The average Bonchev–Trinajstić information content (AvgIpc) is 3.49. The molecule has 0 unspecified atom stereocenters. The zero-order chi connectivity index (χ0) is 19.4. The monoisotopic (exact) mass is 366 g/mol. The number of methoxy groups -OCH3 is 1. The molecule has 0 atom stereocenters. The average molecular weight is 366 g/mol. The van der Waals surface area contributed by atoms with Gasteiger partial charge in [0.05, 0.1) is 12.7 Å². The molecule has 2 aromatic carbocycles. The van der Waals surface area contributed by atoms with E-state index in [9.17, 15) is 14.4 Å². The van der Waals surface area contributed by atoms with Crippen LogP contribution >= 0.6 is 0 Å². The minimum Gasteiger partial charge on any atom is -0.465 e. The third kappa shape index (κ3) is 4.00. The highest BCUT2D eigenvalue weighted by Crippen LogP contribution is 2.46. The second kappa shape index (κ2) is 7.61. The number of benzene rings is 2. The molecule has 0 saturated heterocycles. The fraction of sp³-hybridized carbons (Fsp3) is 0.286. The van der Waals surface area contributed by atoms with Gasteiger partial charge in [0.25, 0.3) is 0 Å². The molecule has 0 radical (unpaired) electrons. The highest BCUT2D eigenvalue weighted by Gasteiger charge is 2.56. The quantitative estimate of drug-likeness (QED) is 0.608. The summed E-state index contributed by atoms with van der Waals surface area (Å²) in [6.07, 6.45) is 1.05. The van der Waals surface area contributed by atoms with E-state index in [0.29, 0.717) is 30.6 Å². The van der Waals surface area contributed by atoms with E-state index in [1.807, 2.05) is 31.2 Å². The van der Waals surface area contributed by atoms with Crippen LogP contribution in [0.1, 0.15) is 34.3 Å². The van der Waals surface area contributed by atoms with Crippen molar-refractivity contribution in [3.05, 3.63) is 65.2 Å². The van der Waals surface area contributed by atoms with Crippen LogP contribution in [0.3, 0.4) is 0 Å². The molecule has 1 aliphatic rings. The molecule has 1 fully saturated rings. The van der Waals surface area contributed by atoms with E-state index >= 15 is 0 Å². The molecule has 2 aromatic rings. The summed E-state index contributed by atoms with van der Waals surface area (Å²) in [6.45, 7) is 2.38. The smallest absolute Gasteiger partial charge is 0.337 e. The summed E-state index contributed by atoms with van der Waals surface area (Å²) in [6, 6.07) is 14.2. The number of hydrogen-bond donors (Lipinski definition) is 2. The summed E-state index contributed by atoms with van der Waals surface area (Å²) in [4.78, 5) is 36.7. The number of anilines is 1. The van der Waals surface area contributed by atoms with Gasteiger partial charge in [0.15, 0.2) is 0 Å². The topological polar surface area (TPSA) is 84.5 Å². The maximum absolute atomic E-state index is 12.6. The first-order valence-electron chi connectivity index (χ1n) is 8.79. The third-order valence-electron chi connectivity index (χ3n) is 4.88. The number of ether oxygens (including phenoxy) is 1. The van der Waals surface area contributed by atoms with Crippen molar-refractivity contribution in [2.75, 3.05) is 12.4 Å². The number of carbonyl (C=O) groups excluding carboxylic acids is 3. The predicted octanol–water partition coefficient (Wildman–Crippen LogP) is 2.82. The lowest BCUT2D eigenvalue weighted by atomic mass is 10.0. The lowest BCUT2D eigenvalue weighted by Gasteiger charge is -2.16. The molecule has 0 bridgehead atoms. The second-order valence-corrected chi connectivity index (χ2v) is 6.71. The predicted molar refractivity (Wildman–Crippen MR) is 101 cm³/mol. The molecule has 6 nitrogen and oxygen atoms in total.